The number of nitrogens with zero attached hydrogens (tertiary/aromatic N) is 3. The number of methoxy groups -OCH3 is 1. The lowest BCUT2D eigenvalue weighted by Crippen LogP contribution is -2.44. The Morgan fingerprint density at radius 3 is 2.67 bits per heavy atom. The number of hydrogen-bond acceptors (Lipinski definition) is 3. The molecule has 120 valence electrons. The summed E-state index contributed by atoms with van der Waals surface area (Å²) in [5.74, 6) is 0.834. The van der Waals surface area contributed by atoms with Gasteiger partial charge in [0.15, 0.2) is 5.96 Å². The van der Waals surface area contributed by atoms with Crippen molar-refractivity contribution in [3.63, 3.8) is 0 Å². The molecule has 6 nitrogen and oxygen atoms in total. The van der Waals surface area contributed by atoms with Gasteiger partial charge in [-0.25, -0.2) is 0 Å². The third-order valence-corrected chi connectivity index (χ3v) is 3.43. The average Bonchev–Trinajstić information content (AvgIpc) is 2.65. The second-order valence-corrected chi connectivity index (χ2v) is 5.28. The number of rotatable bonds is 7. The van der Waals surface area contributed by atoms with Crippen molar-refractivity contribution in [3.05, 3.63) is 17.0 Å². The molecule has 1 atom stereocenters. The fourth-order valence-electron chi connectivity index (χ4n) is 2.30. The minimum atomic E-state index is 0.231. The monoisotopic (exact) mass is 295 g/mol. The number of aromatic nitrogens is 2. The van der Waals surface area contributed by atoms with E-state index in [1.807, 2.05) is 11.7 Å². The Labute approximate surface area is 128 Å². The molecule has 0 fully saturated rings. The van der Waals surface area contributed by atoms with Crippen LogP contribution in [0.2, 0.25) is 0 Å². The Morgan fingerprint density at radius 1 is 1.43 bits per heavy atom. The zero-order chi connectivity index (χ0) is 15.8. The summed E-state index contributed by atoms with van der Waals surface area (Å²) < 4.78 is 7.06. The molecular weight excluding hydrogens is 266 g/mol. The summed E-state index contributed by atoms with van der Waals surface area (Å²) in [5.41, 5.74) is 3.60. The van der Waals surface area contributed by atoms with Crippen molar-refractivity contribution >= 4 is 5.96 Å². The number of aliphatic imine (C=N–C) groups is 1. The maximum Gasteiger partial charge on any atom is 0.191 e. The average molecular weight is 295 g/mol. The Bertz CT molecular complexity index is 467. The van der Waals surface area contributed by atoms with Gasteiger partial charge in [-0.15, -0.1) is 0 Å². The van der Waals surface area contributed by atoms with Crippen molar-refractivity contribution in [1.29, 1.82) is 0 Å². The summed E-state index contributed by atoms with van der Waals surface area (Å²) in [6.45, 7) is 10.5. The second-order valence-electron chi connectivity index (χ2n) is 5.28. The zero-order valence-corrected chi connectivity index (χ0v) is 14.2. The molecule has 2 N–H and O–H groups in total. The summed E-state index contributed by atoms with van der Waals surface area (Å²) in [5, 5.41) is 11.0. The predicted octanol–water partition coefficient (Wildman–Crippen LogP) is 1.17. The number of aryl methyl sites for hydroxylation is 2. The third-order valence-electron chi connectivity index (χ3n) is 3.43. The number of ether oxygens (including phenoxy) is 1. The quantitative estimate of drug-likeness (QED) is 0.585. The minimum absolute atomic E-state index is 0.231. The van der Waals surface area contributed by atoms with Crippen LogP contribution in [0.15, 0.2) is 4.99 Å². The Balaban J connectivity index is 2.61. The van der Waals surface area contributed by atoms with Crippen LogP contribution >= 0.6 is 0 Å². The Hall–Kier alpha value is -1.56. The summed E-state index contributed by atoms with van der Waals surface area (Å²) in [4.78, 5) is 4.62. The predicted molar refractivity (Wildman–Crippen MR) is 86.8 cm³/mol. The zero-order valence-electron chi connectivity index (χ0n) is 14.2. The molecule has 0 amide bonds. The van der Waals surface area contributed by atoms with E-state index in [9.17, 15) is 0 Å². The molecule has 0 radical (unpaired) electrons. The standard InChI is InChI=1S/C15H29N5O/c1-7-16-15(18-11(2)10-21-6)17-9-8-14-12(3)19-20(5)13(14)4/h11H,7-10H2,1-6H3,(H2,16,17,18). The van der Waals surface area contributed by atoms with Gasteiger partial charge in [-0.3, -0.25) is 9.67 Å². The van der Waals surface area contributed by atoms with Crippen molar-refractivity contribution in [2.75, 3.05) is 26.8 Å². The Kier molecular flexibility index (Phi) is 7.22. The van der Waals surface area contributed by atoms with E-state index in [2.05, 4.69) is 48.4 Å². The SMILES string of the molecule is CCNC(=NCCc1c(C)nn(C)c1C)NC(C)COC. The van der Waals surface area contributed by atoms with Crippen LogP contribution in [-0.2, 0) is 18.2 Å². The van der Waals surface area contributed by atoms with Crippen LogP contribution in [0, 0.1) is 13.8 Å². The van der Waals surface area contributed by atoms with Gasteiger partial charge in [-0.2, -0.15) is 5.10 Å². The maximum atomic E-state index is 5.13. The topological polar surface area (TPSA) is 63.5 Å². The van der Waals surface area contributed by atoms with E-state index >= 15 is 0 Å². The molecule has 0 aliphatic heterocycles. The fraction of sp³-hybridized carbons (Fsp3) is 0.733. The van der Waals surface area contributed by atoms with Crippen molar-refractivity contribution in [1.82, 2.24) is 20.4 Å². The van der Waals surface area contributed by atoms with E-state index in [1.165, 1.54) is 11.3 Å². The van der Waals surface area contributed by atoms with Crippen LogP contribution in [0.1, 0.15) is 30.8 Å². The molecule has 0 aliphatic carbocycles. The normalized spacial score (nSPS) is 13.3. The van der Waals surface area contributed by atoms with Gasteiger partial charge in [-0.05, 0) is 39.7 Å². The summed E-state index contributed by atoms with van der Waals surface area (Å²) in [6, 6.07) is 0.231. The molecule has 1 unspecified atom stereocenters. The van der Waals surface area contributed by atoms with Gasteiger partial charge in [0, 0.05) is 39.0 Å². The van der Waals surface area contributed by atoms with Crippen LogP contribution in [-0.4, -0.2) is 48.6 Å². The molecule has 1 aromatic heterocycles. The maximum absolute atomic E-state index is 5.13. The van der Waals surface area contributed by atoms with Gasteiger partial charge in [-0.1, -0.05) is 0 Å². The van der Waals surface area contributed by atoms with Crippen LogP contribution in [0.3, 0.4) is 0 Å². The van der Waals surface area contributed by atoms with E-state index < -0.39 is 0 Å². The van der Waals surface area contributed by atoms with Crippen LogP contribution < -0.4 is 10.6 Å². The van der Waals surface area contributed by atoms with Crippen LogP contribution in [0.4, 0.5) is 0 Å². The van der Waals surface area contributed by atoms with Gasteiger partial charge >= 0.3 is 0 Å². The molecule has 6 heteroatoms. The van der Waals surface area contributed by atoms with E-state index in [4.69, 9.17) is 4.74 Å². The number of hydrogen-bond donors (Lipinski definition) is 2. The van der Waals surface area contributed by atoms with E-state index in [0.717, 1.165) is 31.2 Å². The first-order chi connectivity index (χ1) is 9.99. The molecule has 1 aromatic rings. The molecule has 0 saturated carbocycles. The first kappa shape index (κ1) is 17.5. The smallest absolute Gasteiger partial charge is 0.191 e. The molecule has 21 heavy (non-hydrogen) atoms. The molecule has 0 bridgehead atoms. The van der Waals surface area contributed by atoms with Crippen LogP contribution in [0.5, 0.6) is 0 Å². The minimum Gasteiger partial charge on any atom is -0.383 e. The molecule has 1 heterocycles. The fourth-order valence-corrected chi connectivity index (χ4v) is 2.30. The summed E-state index contributed by atoms with van der Waals surface area (Å²) in [7, 11) is 3.68. The first-order valence-corrected chi connectivity index (χ1v) is 7.52. The highest BCUT2D eigenvalue weighted by Crippen LogP contribution is 2.12. The lowest BCUT2D eigenvalue weighted by atomic mass is 10.1. The van der Waals surface area contributed by atoms with E-state index in [0.29, 0.717) is 6.61 Å². The van der Waals surface area contributed by atoms with Crippen molar-refractivity contribution < 1.29 is 4.74 Å². The molecule has 1 rings (SSSR count). The second kappa shape index (κ2) is 8.67. The van der Waals surface area contributed by atoms with E-state index in [-0.39, 0.29) is 6.04 Å². The molecule has 0 spiro atoms. The highest BCUT2D eigenvalue weighted by molar-refractivity contribution is 5.80. The van der Waals surface area contributed by atoms with Gasteiger partial charge < -0.3 is 15.4 Å². The van der Waals surface area contributed by atoms with Crippen molar-refractivity contribution in [2.45, 2.75) is 40.2 Å². The van der Waals surface area contributed by atoms with E-state index in [1.54, 1.807) is 7.11 Å². The molecular formula is C15H29N5O. The highest BCUT2D eigenvalue weighted by atomic mass is 16.5. The lowest BCUT2D eigenvalue weighted by Gasteiger charge is -2.17. The van der Waals surface area contributed by atoms with Crippen LogP contribution in [0.25, 0.3) is 0 Å². The largest absolute Gasteiger partial charge is 0.383 e. The Morgan fingerprint density at radius 2 is 2.14 bits per heavy atom. The van der Waals surface area contributed by atoms with Crippen molar-refractivity contribution in [2.24, 2.45) is 12.0 Å². The van der Waals surface area contributed by atoms with Gasteiger partial charge in [0.25, 0.3) is 0 Å². The van der Waals surface area contributed by atoms with Crippen molar-refractivity contribution in [3.8, 4) is 0 Å². The number of nitrogens with one attached hydrogen (secondary N) is 2. The number of guanidine groups is 1. The van der Waals surface area contributed by atoms with Gasteiger partial charge in [0.05, 0.1) is 12.3 Å². The lowest BCUT2D eigenvalue weighted by molar-refractivity contribution is 0.179. The summed E-state index contributed by atoms with van der Waals surface area (Å²) in [6.07, 6.45) is 0.904. The molecule has 0 aromatic carbocycles. The molecule has 0 saturated heterocycles. The third kappa shape index (κ3) is 5.38. The summed E-state index contributed by atoms with van der Waals surface area (Å²) >= 11 is 0. The van der Waals surface area contributed by atoms with Gasteiger partial charge in [0.2, 0.25) is 0 Å². The first-order valence-electron chi connectivity index (χ1n) is 7.52. The van der Waals surface area contributed by atoms with Gasteiger partial charge in [0.1, 0.15) is 0 Å². The molecule has 0 aliphatic rings. The highest BCUT2D eigenvalue weighted by Gasteiger charge is 2.09.